The van der Waals surface area contributed by atoms with E-state index < -0.39 is 0 Å². The lowest BCUT2D eigenvalue weighted by atomic mass is 10.5. The molecule has 3 aromatic heterocycles. The predicted octanol–water partition coefficient (Wildman–Crippen LogP) is 2.55. The standard InChI is InChI=1S/C11H6Cl2N6O/c12-7-4-8(6-14-5-7)20-11-17-9(13)16-10(18-11)19-3-1-2-15-19/h1-6H. The van der Waals surface area contributed by atoms with Gasteiger partial charge in [-0.15, -0.1) is 0 Å². The Morgan fingerprint density at radius 1 is 1.10 bits per heavy atom. The maximum Gasteiger partial charge on any atom is 0.328 e. The second-order valence-electron chi connectivity index (χ2n) is 3.58. The SMILES string of the molecule is Clc1cncc(Oc2nc(Cl)nc(-n3cccn3)n2)c1. The number of halogens is 2. The van der Waals surface area contributed by atoms with Gasteiger partial charge in [-0.1, -0.05) is 11.6 Å². The van der Waals surface area contributed by atoms with Gasteiger partial charge in [0.15, 0.2) is 5.75 Å². The van der Waals surface area contributed by atoms with Crippen molar-refractivity contribution in [3.05, 3.63) is 47.2 Å². The van der Waals surface area contributed by atoms with Gasteiger partial charge in [0, 0.05) is 24.7 Å². The second kappa shape index (κ2) is 5.40. The molecular weight excluding hydrogens is 303 g/mol. The van der Waals surface area contributed by atoms with Crippen LogP contribution in [-0.2, 0) is 0 Å². The molecule has 0 unspecified atom stereocenters. The van der Waals surface area contributed by atoms with E-state index >= 15 is 0 Å². The molecule has 0 radical (unpaired) electrons. The molecule has 0 aliphatic rings. The lowest BCUT2D eigenvalue weighted by molar-refractivity contribution is 0.435. The highest BCUT2D eigenvalue weighted by atomic mass is 35.5. The second-order valence-corrected chi connectivity index (χ2v) is 4.35. The van der Waals surface area contributed by atoms with Gasteiger partial charge < -0.3 is 4.74 Å². The Hall–Kier alpha value is -2.25. The van der Waals surface area contributed by atoms with E-state index in [4.69, 9.17) is 27.9 Å². The zero-order valence-electron chi connectivity index (χ0n) is 9.81. The third kappa shape index (κ3) is 2.84. The molecule has 3 rings (SSSR count). The summed E-state index contributed by atoms with van der Waals surface area (Å²) >= 11 is 11.7. The molecule has 0 aliphatic heterocycles. The fourth-order valence-electron chi connectivity index (χ4n) is 1.41. The average molecular weight is 309 g/mol. The van der Waals surface area contributed by atoms with Crippen LogP contribution in [0.15, 0.2) is 36.9 Å². The molecule has 0 saturated carbocycles. The molecule has 0 amide bonds. The Morgan fingerprint density at radius 2 is 2.00 bits per heavy atom. The highest BCUT2D eigenvalue weighted by Crippen LogP contribution is 2.21. The van der Waals surface area contributed by atoms with Gasteiger partial charge in [-0.3, -0.25) is 4.98 Å². The Labute approximate surface area is 123 Å². The average Bonchev–Trinajstić information content (AvgIpc) is 2.91. The van der Waals surface area contributed by atoms with E-state index in [1.54, 1.807) is 24.5 Å². The summed E-state index contributed by atoms with van der Waals surface area (Å²) in [4.78, 5) is 15.8. The maximum absolute atomic E-state index is 5.84. The molecule has 0 N–H and O–H groups in total. The van der Waals surface area contributed by atoms with E-state index in [1.165, 1.54) is 17.1 Å². The zero-order valence-corrected chi connectivity index (χ0v) is 11.3. The maximum atomic E-state index is 5.84. The molecular formula is C11H6Cl2N6O. The first-order valence-electron chi connectivity index (χ1n) is 5.41. The van der Waals surface area contributed by atoms with Crippen molar-refractivity contribution in [2.24, 2.45) is 0 Å². The summed E-state index contributed by atoms with van der Waals surface area (Å²) < 4.78 is 6.89. The van der Waals surface area contributed by atoms with Crippen LogP contribution in [0.1, 0.15) is 0 Å². The van der Waals surface area contributed by atoms with E-state index in [9.17, 15) is 0 Å². The predicted molar refractivity (Wildman–Crippen MR) is 71.3 cm³/mol. The monoisotopic (exact) mass is 308 g/mol. The minimum absolute atomic E-state index is 0.00418. The van der Waals surface area contributed by atoms with Crippen molar-refractivity contribution in [3.63, 3.8) is 0 Å². The summed E-state index contributed by atoms with van der Waals surface area (Å²) in [6.45, 7) is 0. The Kier molecular flexibility index (Phi) is 3.44. The fourth-order valence-corrected chi connectivity index (χ4v) is 1.72. The van der Waals surface area contributed by atoms with Crippen LogP contribution in [0.25, 0.3) is 5.95 Å². The molecule has 0 fully saturated rings. The van der Waals surface area contributed by atoms with Gasteiger partial charge >= 0.3 is 6.01 Å². The fraction of sp³-hybridized carbons (Fsp3) is 0. The van der Waals surface area contributed by atoms with E-state index in [0.29, 0.717) is 10.8 Å². The molecule has 9 heteroatoms. The molecule has 3 aromatic rings. The van der Waals surface area contributed by atoms with Crippen molar-refractivity contribution >= 4 is 23.2 Å². The molecule has 20 heavy (non-hydrogen) atoms. The molecule has 3 heterocycles. The molecule has 0 spiro atoms. The minimum atomic E-state index is -0.00418. The summed E-state index contributed by atoms with van der Waals surface area (Å²) in [5.74, 6) is 0.645. The Bertz CT molecular complexity index is 734. The van der Waals surface area contributed by atoms with Crippen LogP contribution >= 0.6 is 23.2 Å². The van der Waals surface area contributed by atoms with Crippen LogP contribution in [-0.4, -0.2) is 29.7 Å². The summed E-state index contributed by atoms with van der Waals surface area (Å²) in [7, 11) is 0. The molecule has 0 atom stereocenters. The molecule has 0 saturated heterocycles. The molecule has 100 valence electrons. The van der Waals surface area contributed by atoms with Crippen molar-refractivity contribution in [3.8, 4) is 17.7 Å². The number of pyridine rings is 1. The van der Waals surface area contributed by atoms with Crippen LogP contribution < -0.4 is 4.74 Å². The normalized spacial score (nSPS) is 10.5. The van der Waals surface area contributed by atoms with E-state index in [0.717, 1.165) is 0 Å². The summed E-state index contributed by atoms with van der Waals surface area (Å²) in [6, 6.07) is 3.35. The zero-order chi connectivity index (χ0) is 13.9. The van der Waals surface area contributed by atoms with Crippen molar-refractivity contribution < 1.29 is 4.74 Å². The van der Waals surface area contributed by atoms with Crippen LogP contribution in [0.3, 0.4) is 0 Å². The molecule has 0 aromatic carbocycles. The lowest BCUT2D eigenvalue weighted by Crippen LogP contribution is -2.05. The minimum Gasteiger partial charge on any atom is -0.422 e. The smallest absolute Gasteiger partial charge is 0.328 e. The summed E-state index contributed by atoms with van der Waals surface area (Å²) in [5, 5.41) is 4.44. The Morgan fingerprint density at radius 3 is 2.75 bits per heavy atom. The van der Waals surface area contributed by atoms with E-state index in [1.807, 2.05) is 0 Å². The van der Waals surface area contributed by atoms with Crippen molar-refractivity contribution in [2.75, 3.05) is 0 Å². The van der Waals surface area contributed by atoms with Crippen molar-refractivity contribution in [2.45, 2.75) is 0 Å². The summed E-state index contributed by atoms with van der Waals surface area (Å²) in [5.41, 5.74) is 0. The van der Waals surface area contributed by atoms with Crippen LogP contribution in [0.5, 0.6) is 11.8 Å². The lowest BCUT2D eigenvalue weighted by Gasteiger charge is -2.05. The van der Waals surface area contributed by atoms with Gasteiger partial charge in [-0.25, -0.2) is 4.68 Å². The van der Waals surface area contributed by atoms with Gasteiger partial charge in [0.05, 0.1) is 11.2 Å². The van der Waals surface area contributed by atoms with Gasteiger partial charge in [0.2, 0.25) is 5.28 Å². The van der Waals surface area contributed by atoms with Crippen molar-refractivity contribution in [1.82, 2.24) is 29.7 Å². The molecule has 0 bridgehead atoms. The molecule has 0 aliphatic carbocycles. The van der Waals surface area contributed by atoms with Gasteiger partial charge in [0.1, 0.15) is 0 Å². The van der Waals surface area contributed by atoms with Gasteiger partial charge in [-0.05, 0) is 17.7 Å². The molecule has 7 nitrogen and oxygen atoms in total. The van der Waals surface area contributed by atoms with Crippen molar-refractivity contribution in [1.29, 1.82) is 0 Å². The number of hydrogen-bond donors (Lipinski definition) is 0. The topological polar surface area (TPSA) is 78.6 Å². The third-order valence-electron chi connectivity index (χ3n) is 2.17. The quantitative estimate of drug-likeness (QED) is 0.740. The van der Waals surface area contributed by atoms with Gasteiger partial charge in [0.25, 0.3) is 5.95 Å². The number of hydrogen-bond acceptors (Lipinski definition) is 6. The first-order chi connectivity index (χ1) is 9.70. The van der Waals surface area contributed by atoms with Gasteiger partial charge in [-0.2, -0.15) is 20.1 Å². The first-order valence-corrected chi connectivity index (χ1v) is 6.16. The first kappa shape index (κ1) is 12.8. The van der Waals surface area contributed by atoms with Crippen LogP contribution in [0, 0.1) is 0 Å². The van der Waals surface area contributed by atoms with Crippen LogP contribution in [0.4, 0.5) is 0 Å². The number of rotatable bonds is 3. The van der Waals surface area contributed by atoms with Crippen LogP contribution in [0.2, 0.25) is 10.3 Å². The van der Waals surface area contributed by atoms with E-state index in [-0.39, 0.29) is 17.2 Å². The largest absolute Gasteiger partial charge is 0.422 e. The highest BCUT2D eigenvalue weighted by Gasteiger charge is 2.09. The summed E-state index contributed by atoms with van der Waals surface area (Å²) in [6.07, 6.45) is 6.25. The highest BCUT2D eigenvalue weighted by molar-refractivity contribution is 6.30. The number of nitrogens with zero attached hydrogens (tertiary/aromatic N) is 6. The number of aromatic nitrogens is 6. The van der Waals surface area contributed by atoms with E-state index in [2.05, 4.69) is 25.0 Å². The Balaban J connectivity index is 1.94. The number of ether oxygens (including phenoxy) is 1. The third-order valence-corrected chi connectivity index (χ3v) is 2.55.